The summed E-state index contributed by atoms with van der Waals surface area (Å²) in [5, 5.41) is 8.68. The van der Waals surface area contributed by atoms with Crippen molar-refractivity contribution in [3.05, 3.63) is 33.6 Å². The SMILES string of the molecule is CCCCC(Sc1nc2ccsc2c(=O)n1CC)C(=O)Nc1cc(C)on1. The molecule has 144 valence electrons. The Morgan fingerprint density at radius 3 is 2.93 bits per heavy atom. The largest absolute Gasteiger partial charge is 0.360 e. The number of aromatic nitrogens is 3. The molecular formula is C18H22N4O3S2. The van der Waals surface area contributed by atoms with Crippen molar-refractivity contribution in [3.8, 4) is 0 Å². The van der Waals surface area contributed by atoms with Crippen LogP contribution in [-0.4, -0.2) is 25.9 Å². The molecule has 1 N–H and O–H groups in total. The quantitative estimate of drug-likeness (QED) is 0.448. The van der Waals surface area contributed by atoms with E-state index in [1.54, 1.807) is 17.6 Å². The highest BCUT2D eigenvalue weighted by atomic mass is 32.2. The molecule has 0 bridgehead atoms. The standard InChI is InChI=1S/C18H22N4O3S2/c1-4-6-7-13(16(23)20-14-10-11(3)25-21-14)27-18-19-12-8-9-26-15(12)17(24)22(18)5-2/h8-10,13H,4-7H2,1-3H3,(H,20,21,23). The van der Waals surface area contributed by atoms with E-state index in [-0.39, 0.29) is 16.7 Å². The van der Waals surface area contributed by atoms with Gasteiger partial charge in [0.25, 0.3) is 5.56 Å². The predicted octanol–water partition coefficient (Wildman–Crippen LogP) is 4.06. The van der Waals surface area contributed by atoms with E-state index in [1.807, 2.05) is 18.4 Å². The lowest BCUT2D eigenvalue weighted by atomic mass is 10.2. The van der Waals surface area contributed by atoms with Gasteiger partial charge in [-0.2, -0.15) is 0 Å². The number of hydrogen-bond acceptors (Lipinski definition) is 7. The van der Waals surface area contributed by atoms with Gasteiger partial charge in [0.2, 0.25) is 5.91 Å². The average molecular weight is 407 g/mol. The van der Waals surface area contributed by atoms with Gasteiger partial charge in [0.05, 0.1) is 10.8 Å². The summed E-state index contributed by atoms with van der Waals surface area (Å²) in [4.78, 5) is 30.1. The Labute approximate surface area is 165 Å². The number of anilines is 1. The van der Waals surface area contributed by atoms with Crippen LogP contribution in [0.2, 0.25) is 0 Å². The van der Waals surface area contributed by atoms with Crippen LogP contribution in [0.4, 0.5) is 5.82 Å². The molecular weight excluding hydrogens is 384 g/mol. The first kappa shape index (κ1) is 19.6. The summed E-state index contributed by atoms with van der Waals surface area (Å²) in [7, 11) is 0. The second kappa shape index (κ2) is 8.71. The fourth-order valence-electron chi connectivity index (χ4n) is 2.68. The summed E-state index contributed by atoms with van der Waals surface area (Å²) in [6.45, 7) is 6.27. The first-order valence-electron chi connectivity index (χ1n) is 8.92. The number of thioether (sulfide) groups is 1. The van der Waals surface area contributed by atoms with Gasteiger partial charge in [-0.3, -0.25) is 14.2 Å². The van der Waals surface area contributed by atoms with Crippen LogP contribution in [0, 0.1) is 6.92 Å². The number of unbranched alkanes of at least 4 members (excludes halogenated alkanes) is 1. The zero-order valence-corrected chi connectivity index (χ0v) is 17.2. The summed E-state index contributed by atoms with van der Waals surface area (Å²) in [6.07, 6.45) is 2.57. The lowest BCUT2D eigenvalue weighted by Gasteiger charge is -2.17. The molecule has 1 atom stereocenters. The molecule has 0 spiro atoms. The maximum Gasteiger partial charge on any atom is 0.272 e. The van der Waals surface area contributed by atoms with E-state index in [4.69, 9.17) is 4.52 Å². The number of rotatable bonds is 8. The molecule has 0 aliphatic rings. The number of aryl methyl sites for hydroxylation is 1. The van der Waals surface area contributed by atoms with Crippen LogP contribution in [0.1, 0.15) is 38.9 Å². The molecule has 0 radical (unpaired) electrons. The summed E-state index contributed by atoms with van der Waals surface area (Å²) in [5.41, 5.74) is 0.626. The van der Waals surface area contributed by atoms with Crippen LogP contribution in [0.15, 0.2) is 32.0 Å². The highest BCUT2D eigenvalue weighted by Gasteiger charge is 2.24. The highest BCUT2D eigenvalue weighted by Crippen LogP contribution is 2.28. The van der Waals surface area contributed by atoms with Crippen molar-refractivity contribution in [1.29, 1.82) is 0 Å². The molecule has 7 nitrogen and oxygen atoms in total. The van der Waals surface area contributed by atoms with Crippen LogP contribution in [0.25, 0.3) is 10.2 Å². The Bertz CT molecular complexity index is 992. The number of thiophene rings is 1. The van der Waals surface area contributed by atoms with Crippen LogP contribution < -0.4 is 10.9 Å². The van der Waals surface area contributed by atoms with Crippen molar-refractivity contribution in [3.63, 3.8) is 0 Å². The molecule has 9 heteroatoms. The predicted molar refractivity (Wildman–Crippen MR) is 109 cm³/mol. The molecule has 0 saturated carbocycles. The lowest BCUT2D eigenvalue weighted by molar-refractivity contribution is -0.115. The van der Waals surface area contributed by atoms with Gasteiger partial charge in [-0.25, -0.2) is 4.98 Å². The van der Waals surface area contributed by atoms with E-state index in [2.05, 4.69) is 22.4 Å². The molecule has 1 unspecified atom stereocenters. The van der Waals surface area contributed by atoms with Crippen molar-refractivity contribution in [2.24, 2.45) is 0 Å². The third-order valence-electron chi connectivity index (χ3n) is 4.09. The van der Waals surface area contributed by atoms with Gasteiger partial charge in [0.1, 0.15) is 10.5 Å². The third kappa shape index (κ3) is 4.41. The van der Waals surface area contributed by atoms with Gasteiger partial charge in [-0.15, -0.1) is 11.3 Å². The zero-order valence-electron chi connectivity index (χ0n) is 15.5. The molecule has 3 heterocycles. The van der Waals surface area contributed by atoms with Gasteiger partial charge >= 0.3 is 0 Å². The van der Waals surface area contributed by atoms with Gasteiger partial charge in [0, 0.05) is 12.6 Å². The Hall–Kier alpha value is -2.13. The normalized spacial score (nSPS) is 12.4. The number of nitrogens with one attached hydrogen (secondary N) is 1. The van der Waals surface area contributed by atoms with Gasteiger partial charge in [-0.1, -0.05) is 36.7 Å². The number of fused-ring (bicyclic) bond motifs is 1. The number of hydrogen-bond donors (Lipinski definition) is 1. The number of amides is 1. The van der Waals surface area contributed by atoms with Crippen LogP contribution in [0.3, 0.4) is 0 Å². The van der Waals surface area contributed by atoms with Crippen molar-refractivity contribution < 1.29 is 9.32 Å². The van der Waals surface area contributed by atoms with Crippen molar-refractivity contribution in [2.45, 2.75) is 57.0 Å². The maximum atomic E-state index is 12.8. The molecule has 0 aromatic carbocycles. The first-order chi connectivity index (χ1) is 13.0. The molecule has 3 aromatic rings. The monoisotopic (exact) mass is 406 g/mol. The minimum atomic E-state index is -0.372. The molecule has 0 aliphatic heterocycles. The fraction of sp³-hybridized carbons (Fsp3) is 0.444. The van der Waals surface area contributed by atoms with E-state index in [0.29, 0.717) is 39.9 Å². The smallest absolute Gasteiger partial charge is 0.272 e. The van der Waals surface area contributed by atoms with Crippen molar-refractivity contribution in [1.82, 2.24) is 14.7 Å². The van der Waals surface area contributed by atoms with E-state index < -0.39 is 0 Å². The Morgan fingerprint density at radius 2 is 2.26 bits per heavy atom. The molecule has 0 saturated heterocycles. The van der Waals surface area contributed by atoms with Crippen LogP contribution >= 0.6 is 23.1 Å². The van der Waals surface area contributed by atoms with E-state index >= 15 is 0 Å². The summed E-state index contributed by atoms with van der Waals surface area (Å²) >= 11 is 2.72. The molecule has 1 amide bonds. The molecule has 0 fully saturated rings. The van der Waals surface area contributed by atoms with Gasteiger partial charge in [-0.05, 0) is 31.7 Å². The zero-order chi connectivity index (χ0) is 19.4. The first-order valence-corrected chi connectivity index (χ1v) is 10.7. The van der Waals surface area contributed by atoms with Gasteiger partial charge < -0.3 is 9.84 Å². The maximum absolute atomic E-state index is 12.8. The fourth-order valence-corrected chi connectivity index (χ4v) is 4.66. The Balaban J connectivity index is 1.88. The van der Waals surface area contributed by atoms with Crippen molar-refractivity contribution >= 4 is 45.0 Å². The van der Waals surface area contributed by atoms with Crippen LogP contribution in [0.5, 0.6) is 0 Å². The molecule has 3 rings (SSSR count). The summed E-state index contributed by atoms with van der Waals surface area (Å²) < 4.78 is 7.29. The Morgan fingerprint density at radius 1 is 1.44 bits per heavy atom. The second-order valence-corrected chi connectivity index (χ2v) is 8.23. The third-order valence-corrected chi connectivity index (χ3v) is 6.23. The van der Waals surface area contributed by atoms with E-state index in [9.17, 15) is 9.59 Å². The van der Waals surface area contributed by atoms with E-state index in [0.717, 1.165) is 12.8 Å². The minimum absolute atomic E-state index is 0.0539. The number of carbonyl (C=O) groups excluding carboxylic acids is 1. The van der Waals surface area contributed by atoms with Crippen LogP contribution in [-0.2, 0) is 11.3 Å². The van der Waals surface area contributed by atoms with Crippen molar-refractivity contribution in [2.75, 3.05) is 5.32 Å². The highest BCUT2D eigenvalue weighted by molar-refractivity contribution is 8.00. The average Bonchev–Trinajstić information content (AvgIpc) is 3.27. The second-order valence-electron chi connectivity index (χ2n) is 6.14. The minimum Gasteiger partial charge on any atom is -0.360 e. The molecule has 0 aliphatic carbocycles. The van der Waals surface area contributed by atoms with Gasteiger partial charge in [0.15, 0.2) is 11.0 Å². The number of carbonyl (C=O) groups is 1. The summed E-state index contributed by atoms with van der Waals surface area (Å²) in [6, 6.07) is 3.52. The lowest BCUT2D eigenvalue weighted by Crippen LogP contribution is -2.28. The molecule has 3 aromatic heterocycles. The Kier molecular flexibility index (Phi) is 6.33. The summed E-state index contributed by atoms with van der Waals surface area (Å²) in [5.74, 6) is 0.866. The topological polar surface area (TPSA) is 90.0 Å². The number of nitrogens with zero attached hydrogens (tertiary/aromatic N) is 3. The van der Waals surface area contributed by atoms with E-state index in [1.165, 1.54) is 23.1 Å². The molecule has 27 heavy (non-hydrogen) atoms.